The van der Waals surface area contributed by atoms with Crippen LogP contribution in [0.3, 0.4) is 0 Å². The van der Waals surface area contributed by atoms with Gasteiger partial charge in [0.15, 0.2) is 21.4 Å². The van der Waals surface area contributed by atoms with Crippen molar-refractivity contribution in [3.8, 4) is 5.75 Å². The van der Waals surface area contributed by atoms with E-state index in [1.807, 2.05) is 6.92 Å². The summed E-state index contributed by atoms with van der Waals surface area (Å²) >= 11 is 0. The van der Waals surface area contributed by atoms with Gasteiger partial charge in [-0.25, -0.2) is 12.8 Å². The van der Waals surface area contributed by atoms with Crippen LogP contribution in [-0.2, 0) is 9.84 Å². The van der Waals surface area contributed by atoms with E-state index in [0.29, 0.717) is 18.9 Å². The maximum Gasteiger partial charge on any atom is 0.165 e. The average Bonchev–Trinajstić information content (AvgIpc) is 3.28. The third kappa shape index (κ3) is 5.13. The van der Waals surface area contributed by atoms with Gasteiger partial charge in [0.25, 0.3) is 0 Å². The molecular weight excluding hydrogens is 303 g/mol. The van der Waals surface area contributed by atoms with E-state index in [2.05, 4.69) is 6.58 Å². The van der Waals surface area contributed by atoms with Gasteiger partial charge < -0.3 is 4.74 Å². The summed E-state index contributed by atoms with van der Waals surface area (Å²) in [6, 6.07) is 4.61. The summed E-state index contributed by atoms with van der Waals surface area (Å²) in [4.78, 5) is 0. The first-order valence-corrected chi connectivity index (χ1v) is 9.47. The number of hydrogen-bond acceptors (Lipinski definition) is 3. The molecule has 5 heteroatoms. The molecule has 0 saturated heterocycles. The van der Waals surface area contributed by atoms with Crippen molar-refractivity contribution in [3.63, 3.8) is 0 Å². The quantitative estimate of drug-likeness (QED) is 0.650. The highest BCUT2D eigenvalue weighted by atomic mass is 32.2. The lowest BCUT2D eigenvalue weighted by Crippen LogP contribution is -2.16. The third-order valence-corrected chi connectivity index (χ3v) is 5.70. The highest BCUT2D eigenvalue weighted by Gasteiger charge is 2.23. The zero-order valence-corrected chi connectivity index (χ0v) is 13.7. The summed E-state index contributed by atoms with van der Waals surface area (Å²) in [6.45, 7) is 5.91. The maximum atomic E-state index is 13.8. The van der Waals surface area contributed by atoms with E-state index < -0.39 is 15.7 Å². The highest BCUT2D eigenvalue weighted by molar-refractivity contribution is 7.91. The molecule has 0 unspecified atom stereocenters. The predicted octanol–water partition coefficient (Wildman–Crippen LogP) is 3.71. The molecule has 0 aromatic heterocycles. The number of rotatable bonds is 9. The zero-order chi connectivity index (χ0) is 16.2. The number of sulfone groups is 1. The lowest BCUT2D eigenvalue weighted by Gasteiger charge is -2.14. The Balaban J connectivity index is 2.03. The lowest BCUT2D eigenvalue weighted by atomic mass is 10.0. The van der Waals surface area contributed by atoms with Crippen LogP contribution in [0, 0.1) is 11.7 Å². The smallest absolute Gasteiger partial charge is 0.165 e. The molecule has 1 atom stereocenters. The lowest BCUT2D eigenvalue weighted by molar-refractivity contribution is 0.285. The second-order valence-corrected chi connectivity index (χ2v) is 8.27. The summed E-state index contributed by atoms with van der Waals surface area (Å²) in [5.41, 5.74) is 0.786. The van der Waals surface area contributed by atoms with E-state index in [-0.39, 0.29) is 23.2 Å². The SMILES string of the molecule is C=CCCS(=O)(=O)C[C@H](C)c1ccc(F)c(OCC2CC2)c1. The average molecular weight is 326 g/mol. The van der Waals surface area contributed by atoms with Crippen molar-refractivity contribution in [2.75, 3.05) is 18.1 Å². The number of hydrogen-bond donors (Lipinski definition) is 0. The van der Waals surface area contributed by atoms with Gasteiger partial charge >= 0.3 is 0 Å². The van der Waals surface area contributed by atoms with Crippen LogP contribution >= 0.6 is 0 Å². The highest BCUT2D eigenvalue weighted by Crippen LogP contribution is 2.31. The van der Waals surface area contributed by atoms with Gasteiger partial charge in [0, 0.05) is 0 Å². The molecule has 0 N–H and O–H groups in total. The zero-order valence-electron chi connectivity index (χ0n) is 12.9. The summed E-state index contributed by atoms with van der Waals surface area (Å²) in [5.74, 6) is 0.325. The Morgan fingerprint density at radius 2 is 2.18 bits per heavy atom. The van der Waals surface area contributed by atoms with Crippen molar-refractivity contribution in [2.24, 2.45) is 5.92 Å². The van der Waals surface area contributed by atoms with Crippen LogP contribution in [-0.4, -0.2) is 26.5 Å². The molecule has 0 heterocycles. The molecule has 122 valence electrons. The molecule has 2 rings (SSSR count). The minimum atomic E-state index is -3.14. The first kappa shape index (κ1) is 17.0. The van der Waals surface area contributed by atoms with Gasteiger partial charge in [-0.05, 0) is 48.8 Å². The topological polar surface area (TPSA) is 43.4 Å². The molecule has 1 aliphatic rings. The monoisotopic (exact) mass is 326 g/mol. The Labute approximate surface area is 132 Å². The van der Waals surface area contributed by atoms with Crippen molar-refractivity contribution < 1.29 is 17.5 Å². The molecule has 1 fully saturated rings. The Kier molecular flexibility index (Phi) is 5.62. The van der Waals surface area contributed by atoms with Crippen LogP contribution in [0.2, 0.25) is 0 Å². The first-order valence-electron chi connectivity index (χ1n) is 7.65. The molecule has 0 spiro atoms. The summed E-state index contributed by atoms with van der Waals surface area (Å²) in [5, 5.41) is 0. The summed E-state index contributed by atoms with van der Waals surface area (Å²) < 4.78 is 43.3. The van der Waals surface area contributed by atoms with E-state index in [1.165, 1.54) is 6.07 Å². The number of ether oxygens (including phenoxy) is 1. The fourth-order valence-corrected chi connectivity index (χ4v) is 3.90. The second-order valence-electron chi connectivity index (χ2n) is 6.04. The number of benzene rings is 1. The van der Waals surface area contributed by atoms with E-state index in [1.54, 1.807) is 18.2 Å². The minimum absolute atomic E-state index is 0.0501. The molecule has 0 aliphatic heterocycles. The van der Waals surface area contributed by atoms with Gasteiger partial charge in [0.05, 0.1) is 18.1 Å². The van der Waals surface area contributed by atoms with E-state index >= 15 is 0 Å². The molecule has 1 aliphatic carbocycles. The molecule has 1 aromatic rings. The Bertz CT molecular complexity index is 621. The standard InChI is InChI=1S/C17H23FO3S/c1-3-4-9-22(19,20)12-13(2)15-7-8-16(18)17(10-15)21-11-14-5-6-14/h3,7-8,10,13-14H,1,4-6,9,11-12H2,2H3/t13-/m0/s1. The predicted molar refractivity (Wildman–Crippen MR) is 86.5 cm³/mol. The largest absolute Gasteiger partial charge is 0.490 e. The van der Waals surface area contributed by atoms with Crippen molar-refractivity contribution in [1.82, 2.24) is 0 Å². The number of halogens is 1. The van der Waals surface area contributed by atoms with Crippen LogP contribution in [0.15, 0.2) is 30.9 Å². The fraction of sp³-hybridized carbons (Fsp3) is 0.529. The normalized spacial score (nSPS) is 16.3. The van der Waals surface area contributed by atoms with Crippen LogP contribution in [0.25, 0.3) is 0 Å². The Morgan fingerprint density at radius 3 is 2.82 bits per heavy atom. The minimum Gasteiger partial charge on any atom is -0.490 e. The van der Waals surface area contributed by atoms with Crippen molar-refractivity contribution >= 4 is 9.84 Å². The van der Waals surface area contributed by atoms with Gasteiger partial charge in [0.2, 0.25) is 0 Å². The van der Waals surface area contributed by atoms with Crippen LogP contribution < -0.4 is 4.74 Å². The van der Waals surface area contributed by atoms with E-state index in [0.717, 1.165) is 18.4 Å². The van der Waals surface area contributed by atoms with Gasteiger partial charge in [-0.1, -0.05) is 19.1 Å². The van der Waals surface area contributed by atoms with Crippen molar-refractivity contribution in [2.45, 2.75) is 32.1 Å². The molecule has 0 radical (unpaired) electrons. The maximum absolute atomic E-state index is 13.8. The van der Waals surface area contributed by atoms with E-state index in [4.69, 9.17) is 4.74 Å². The van der Waals surface area contributed by atoms with Crippen molar-refractivity contribution in [1.29, 1.82) is 0 Å². The third-order valence-electron chi connectivity index (χ3n) is 3.83. The Morgan fingerprint density at radius 1 is 1.45 bits per heavy atom. The van der Waals surface area contributed by atoms with Gasteiger partial charge in [-0.2, -0.15) is 0 Å². The molecule has 22 heavy (non-hydrogen) atoms. The second kappa shape index (κ2) is 7.27. The first-order chi connectivity index (χ1) is 10.4. The molecule has 1 saturated carbocycles. The summed E-state index contributed by atoms with van der Waals surface area (Å²) in [7, 11) is -3.14. The Hall–Kier alpha value is -1.36. The number of allylic oxidation sites excluding steroid dienone is 1. The van der Waals surface area contributed by atoms with Gasteiger partial charge in [-0.3, -0.25) is 0 Å². The summed E-state index contributed by atoms with van der Waals surface area (Å²) in [6.07, 6.45) is 4.33. The molecule has 0 bridgehead atoms. The molecular formula is C17H23FO3S. The molecule has 3 nitrogen and oxygen atoms in total. The van der Waals surface area contributed by atoms with Gasteiger partial charge in [0.1, 0.15) is 0 Å². The van der Waals surface area contributed by atoms with Gasteiger partial charge in [-0.15, -0.1) is 6.58 Å². The van der Waals surface area contributed by atoms with Crippen LogP contribution in [0.5, 0.6) is 5.75 Å². The fourth-order valence-electron chi connectivity index (χ4n) is 2.25. The van der Waals surface area contributed by atoms with Crippen LogP contribution in [0.1, 0.15) is 37.7 Å². The van der Waals surface area contributed by atoms with Crippen molar-refractivity contribution in [3.05, 3.63) is 42.2 Å². The molecule has 1 aromatic carbocycles. The van der Waals surface area contributed by atoms with Crippen LogP contribution in [0.4, 0.5) is 4.39 Å². The van der Waals surface area contributed by atoms with E-state index in [9.17, 15) is 12.8 Å². The molecule has 0 amide bonds.